The largest absolute Gasteiger partial charge is 0.497 e. The number of hydrogen-bond acceptors (Lipinski definition) is 4. The second kappa shape index (κ2) is 7.58. The van der Waals surface area contributed by atoms with Crippen molar-refractivity contribution in [2.24, 2.45) is 0 Å². The van der Waals surface area contributed by atoms with Crippen LogP contribution in [0, 0.1) is 5.82 Å². The van der Waals surface area contributed by atoms with Gasteiger partial charge in [-0.25, -0.2) is 4.39 Å². The molecule has 2 amide bonds. The van der Waals surface area contributed by atoms with E-state index in [1.165, 1.54) is 24.3 Å². The SMILES string of the molecule is COc1ccc(OCCN2C(=O)C(Cl)=C(c3ccc(F)cc3)C2=O)cc1. The Labute approximate surface area is 154 Å². The van der Waals surface area contributed by atoms with Crippen molar-refractivity contribution in [1.29, 1.82) is 0 Å². The number of imide groups is 1. The first-order valence-electron chi connectivity index (χ1n) is 7.80. The first kappa shape index (κ1) is 17.9. The van der Waals surface area contributed by atoms with Crippen LogP contribution in [0.25, 0.3) is 5.57 Å². The van der Waals surface area contributed by atoms with E-state index in [9.17, 15) is 14.0 Å². The highest BCUT2D eigenvalue weighted by molar-refractivity contribution is 6.55. The van der Waals surface area contributed by atoms with Crippen LogP contribution in [-0.2, 0) is 9.59 Å². The van der Waals surface area contributed by atoms with Crippen molar-refractivity contribution in [1.82, 2.24) is 4.90 Å². The van der Waals surface area contributed by atoms with E-state index in [-0.39, 0.29) is 23.8 Å². The quantitative estimate of drug-likeness (QED) is 0.727. The summed E-state index contributed by atoms with van der Waals surface area (Å²) in [6.07, 6.45) is 0. The molecular formula is C19H15ClFNO4. The molecule has 7 heteroatoms. The summed E-state index contributed by atoms with van der Waals surface area (Å²) in [7, 11) is 1.57. The Bertz CT molecular complexity index is 862. The highest BCUT2D eigenvalue weighted by atomic mass is 35.5. The first-order chi connectivity index (χ1) is 12.5. The molecule has 0 saturated carbocycles. The van der Waals surface area contributed by atoms with Crippen LogP contribution in [0.4, 0.5) is 4.39 Å². The van der Waals surface area contributed by atoms with Crippen molar-refractivity contribution in [3.05, 3.63) is 64.9 Å². The van der Waals surface area contributed by atoms with E-state index in [1.807, 2.05) is 0 Å². The maximum atomic E-state index is 13.1. The third-order valence-electron chi connectivity index (χ3n) is 3.89. The van der Waals surface area contributed by atoms with Crippen LogP contribution >= 0.6 is 11.6 Å². The summed E-state index contributed by atoms with van der Waals surface area (Å²) in [6, 6.07) is 12.2. The maximum Gasteiger partial charge on any atom is 0.273 e. The molecule has 26 heavy (non-hydrogen) atoms. The van der Waals surface area contributed by atoms with Crippen molar-refractivity contribution in [2.75, 3.05) is 20.3 Å². The van der Waals surface area contributed by atoms with Gasteiger partial charge in [-0.15, -0.1) is 0 Å². The van der Waals surface area contributed by atoms with Gasteiger partial charge in [-0.1, -0.05) is 23.7 Å². The van der Waals surface area contributed by atoms with Gasteiger partial charge in [0.05, 0.1) is 19.2 Å². The summed E-state index contributed by atoms with van der Waals surface area (Å²) in [4.78, 5) is 25.8. The van der Waals surface area contributed by atoms with Gasteiger partial charge < -0.3 is 9.47 Å². The van der Waals surface area contributed by atoms with Gasteiger partial charge in [-0.05, 0) is 42.0 Å². The zero-order chi connectivity index (χ0) is 18.7. The van der Waals surface area contributed by atoms with E-state index >= 15 is 0 Å². The third kappa shape index (κ3) is 3.55. The molecule has 0 bridgehead atoms. The fraction of sp³-hybridized carbons (Fsp3) is 0.158. The highest BCUT2D eigenvalue weighted by Gasteiger charge is 2.37. The average molecular weight is 376 g/mol. The molecule has 0 atom stereocenters. The number of nitrogens with zero attached hydrogens (tertiary/aromatic N) is 1. The van der Waals surface area contributed by atoms with Gasteiger partial charge in [0.2, 0.25) is 0 Å². The van der Waals surface area contributed by atoms with Crippen molar-refractivity contribution in [2.45, 2.75) is 0 Å². The minimum atomic E-state index is -0.589. The molecule has 3 rings (SSSR count). The molecular weight excluding hydrogens is 361 g/mol. The summed E-state index contributed by atoms with van der Waals surface area (Å²) in [5, 5.41) is -0.175. The number of methoxy groups -OCH3 is 1. The van der Waals surface area contributed by atoms with Crippen molar-refractivity contribution < 1.29 is 23.5 Å². The van der Waals surface area contributed by atoms with E-state index in [0.717, 1.165) is 4.90 Å². The summed E-state index contributed by atoms with van der Waals surface area (Å²) < 4.78 is 23.7. The monoisotopic (exact) mass is 375 g/mol. The number of carbonyl (C=O) groups excluding carboxylic acids is 2. The lowest BCUT2D eigenvalue weighted by molar-refractivity contribution is -0.137. The minimum Gasteiger partial charge on any atom is -0.497 e. The summed E-state index contributed by atoms with van der Waals surface area (Å²) in [5.74, 6) is -0.267. The Kier molecular flexibility index (Phi) is 5.23. The predicted octanol–water partition coefficient (Wildman–Crippen LogP) is 3.23. The smallest absolute Gasteiger partial charge is 0.273 e. The van der Waals surface area contributed by atoms with Crippen LogP contribution in [-0.4, -0.2) is 37.0 Å². The topological polar surface area (TPSA) is 55.8 Å². The summed E-state index contributed by atoms with van der Waals surface area (Å²) in [6.45, 7) is 0.162. The first-order valence-corrected chi connectivity index (χ1v) is 8.18. The fourth-order valence-electron chi connectivity index (χ4n) is 2.54. The Morgan fingerprint density at radius 3 is 2.19 bits per heavy atom. The number of ether oxygens (including phenoxy) is 2. The number of halogens is 2. The normalized spacial score (nSPS) is 14.2. The lowest BCUT2D eigenvalue weighted by atomic mass is 10.1. The molecule has 0 unspecified atom stereocenters. The Morgan fingerprint density at radius 1 is 0.962 bits per heavy atom. The number of rotatable bonds is 6. The summed E-state index contributed by atoms with van der Waals surface area (Å²) >= 11 is 6.04. The zero-order valence-electron chi connectivity index (χ0n) is 13.9. The molecule has 1 aliphatic rings. The molecule has 1 heterocycles. The van der Waals surface area contributed by atoms with Gasteiger partial charge in [-0.3, -0.25) is 14.5 Å². The molecule has 0 N–H and O–H groups in total. The Hall–Kier alpha value is -2.86. The van der Waals surface area contributed by atoms with Crippen LogP contribution < -0.4 is 9.47 Å². The van der Waals surface area contributed by atoms with Gasteiger partial charge in [0.1, 0.15) is 29.0 Å². The van der Waals surface area contributed by atoms with Crippen LogP contribution in [0.2, 0.25) is 0 Å². The van der Waals surface area contributed by atoms with Crippen molar-refractivity contribution in [3.8, 4) is 11.5 Å². The van der Waals surface area contributed by atoms with Gasteiger partial charge in [-0.2, -0.15) is 0 Å². The molecule has 0 fully saturated rings. The molecule has 2 aromatic carbocycles. The molecule has 5 nitrogen and oxygen atoms in total. The molecule has 0 spiro atoms. The van der Waals surface area contributed by atoms with Gasteiger partial charge in [0.25, 0.3) is 11.8 Å². The molecule has 134 valence electrons. The number of benzene rings is 2. The third-order valence-corrected chi connectivity index (χ3v) is 4.24. The molecule has 0 saturated heterocycles. The van der Waals surface area contributed by atoms with Gasteiger partial charge >= 0.3 is 0 Å². The van der Waals surface area contributed by atoms with E-state index < -0.39 is 17.6 Å². The van der Waals surface area contributed by atoms with Crippen molar-refractivity contribution in [3.63, 3.8) is 0 Å². The predicted molar refractivity (Wildman–Crippen MR) is 94.4 cm³/mol. The second-order valence-electron chi connectivity index (χ2n) is 5.48. The van der Waals surface area contributed by atoms with Crippen LogP contribution in [0.1, 0.15) is 5.56 Å². The standard InChI is InChI=1S/C19H15ClFNO4/c1-25-14-6-8-15(9-7-14)26-11-10-22-18(23)16(17(20)19(22)24)12-2-4-13(21)5-3-12/h2-9H,10-11H2,1H3. The minimum absolute atomic E-state index is 0.0462. The molecule has 1 aliphatic heterocycles. The Morgan fingerprint density at radius 2 is 1.58 bits per heavy atom. The Balaban J connectivity index is 1.65. The van der Waals surface area contributed by atoms with Crippen LogP contribution in [0.5, 0.6) is 11.5 Å². The average Bonchev–Trinajstić information content (AvgIpc) is 2.86. The van der Waals surface area contributed by atoms with Gasteiger partial charge in [0, 0.05) is 0 Å². The summed E-state index contributed by atoms with van der Waals surface area (Å²) in [5.41, 5.74) is 0.467. The zero-order valence-corrected chi connectivity index (χ0v) is 14.6. The number of hydrogen-bond donors (Lipinski definition) is 0. The molecule has 0 aromatic heterocycles. The van der Waals surface area contributed by atoms with Gasteiger partial charge in [0.15, 0.2) is 0 Å². The van der Waals surface area contributed by atoms with Crippen LogP contribution in [0.15, 0.2) is 53.6 Å². The van der Waals surface area contributed by atoms with E-state index in [4.69, 9.17) is 21.1 Å². The van der Waals surface area contributed by atoms with E-state index in [1.54, 1.807) is 31.4 Å². The second-order valence-corrected chi connectivity index (χ2v) is 5.86. The highest BCUT2D eigenvalue weighted by Crippen LogP contribution is 2.31. The lowest BCUT2D eigenvalue weighted by Gasteiger charge is -2.15. The molecule has 2 aromatic rings. The fourth-order valence-corrected chi connectivity index (χ4v) is 2.84. The molecule has 0 radical (unpaired) electrons. The molecule has 0 aliphatic carbocycles. The van der Waals surface area contributed by atoms with Crippen LogP contribution in [0.3, 0.4) is 0 Å². The van der Waals surface area contributed by atoms with E-state index in [2.05, 4.69) is 0 Å². The lowest BCUT2D eigenvalue weighted by Crippen LogP contribution is -2.35. The van der Waals surface area contributed by atoms with E-state index in [0.29, 0.717) is 17.1 Å². The maximum absolute atomic E-state index is 13.1. The number of amides is 2. The van der Waals surface area contributed by atoms with Crippen molar-refractivity contribution >= 4 is 29.0 Å². The number of carbonyl (C=O) groups is 2.